The lowest BCUT2D eigenvalue weighted by Gasteiger charge is -2.28. The second kappa shape index (κ2) is 6.87. The summed E-state index contributed by atoms with van der Waals surface area (Å²) in [4.78, 5) is 17.1. The lowest BCUT2D eigenvalue weighted by Crippen LogP contribution is -2.37. The third kappa shape index (κ3) is 3.16. The lowest BCUT2D eigenvalue weighted by atomic mass is 10.0. The van der Waals surface area contributed by atoms with Crippen LogP contribution in [0.25, 0.3) is 0 Å². The van der Waals surface area contributed by atoms with E-state index in [4.69, 9.17) is 9.62 Å². The van der Waals surface area contributed by atoms with Crippen LogP contribution in [0.4, 0.5) is 0 Å². The van der Waals surface area contributed by atoms with Crippen molar-refractivity contribution >= 4 is 5.91 Å². The summed E-state index contributed by atoms with van der Waals surface area (Å²) in [5.74, 6) is 0.594. The van der Waals surface area contributed by atoms with E-state index >= 15 is 0 Å². The minimum absolute atomic E-state index is 0.0647. The van der Waals surface area contributed by atoms with E-state index in [-0.39, 0.29) is 11.9 Å². The van der Waals surface area contributed by atoms with Gasteiger partial charge in [0.1, 0.15) is 5.76 Å². The van der Waals surface area contributed by atoms with Gasteiger partial charge in [-0.3, -0.25) is 14.4 Å². The molecule has 7 heteroatoms. The van der Waals surface area contributed by atoms with Gasteiger partial charge in [-0.1, -0.05) is 5.16 Å². The van der Waals surface area contributed by atoms with Crippen LogP contribution in [-0.2, 0) is 19.5 Å². The molecule has 140 valence electrons. The van der Waals surface area contributed by atoms with Gasteiger partial charge in [-0.15, -0.1) is 0 Å². The highest BCUT2D eigenvalue weighted by atomic mass is 16.5. The fourth-order valence-corrected chi connectivity index (χ4v) is 4.03. The predicted octanol–water partition coefficient (Wildman–Crippen LogP) is 2.55. The van der Waals surface area contributed by atoms with Gasteiger partial charge in [0, 0.05) is 30.8 Å². The zero-order chi connectivity index (χ0) is 18.3. The smallest absolute Gasteiger partial charge is 0.276 e. The molecule has 0 atom stereocenters. The number of likely N-dealkylation sites (tertiary alicyclic amines) is 1. The summed E-state index contributed by atoms with van der Waals surface area (Å²) in [5, 5.41) is 8.81. The van der Waals surface area contributed by atoms with Crippen LogP contribution >= 0.6 is 0 Å². The Labute approximate surface area is 153 Å². The average Bonchev–Trinajstić information content (AvgIpc) is 3.35. The van der Waals surface area contributed by atoms with Crippen LogP contribution in [0.1, 0.15) is 65.9 Å². The molecule has 1 amide bonds. The lowest BCUT2D eigenvalue weighted by molar-refractivity contribution is 0.0718. The molecular weight excluding hydrogens is 330 g/mol. The van der Waals surface area contributed by atoms with Crippen LogP contribution in [0.2, 0.25) is 0 Å². The van der Waals surface area contributed by atoms with Crippen LogP contribution in [0.15, 0.2) is 10.6 Å². The molecule has 0 aromatic carbocycles. The maximum absolute atomic E-state index is 12.8. The Bertz CT molecular complexity index is 801. The van der Waals surface area contributed by atoms with Gasteiger partial charge in [-0.2, -0.15) is 5.10 Å². The minimum Gasteiger partial charge on any atom is -0.361 e. The van der Waals surface area contributed by atoms with Crippen molar-refractivity contribution in [3.8, 4) is 0 Å². The standard InChI is InChI=1S/C19H27N5O2/c1-13(2)24-18-12-23(19(25)16-10-14(3)26-21-16)9-6-15(18)17(20-24)11-22-7-4-5-8-22/h10,13H,4-9,11-12H2,1-3H3. The molecule has 0 aliphatic carbocycles. The summed E-state index contributed by atoms with van der Waals surface area (Å²) in [6.45, 7) is 10.6. The van der Waals surface area contributed by atoms with Crippen molar-refractivity contribution in [1.29, 1.82) is 0 Å². The quantitative estimate of drug-likeness (QED) is 0.841. The summed E-state index contributed by atoms with van der Waals surface area (Å²) < 4.78 is 7.17. The SMILES string of the molecule is Cc1cc(C(=O)N2CCc3c(CN4CCCC4)nn(C(C)C)c3C2)no1. The first-order valence-corrected chi connectivity index (χ1v) is 9.57. The highest BCUT2D eigenvalue weighted by Gasteiger charge is 2.30. The maximum atomic E-state index is 12.8. The number of amides is 1. The van der Waals surface area contributed by atoms with Crippen LogP contribution in [0, 0.1) is 6.92 Å². The summed E-state index contributed by atoms with van der Waals surface area (Å²) in [7, 11) is 0. The summed E-state index contributed by atoms with van der Waals surface area (Å²) in [6.07, 6.45) is 3.42. The van der Waals surface area contributed by atoms with Crippen molar-refractivity contribution in [2.24, 2.45) is 0 Å². The molecule has 2 aliphatic rings. The number of hydrogen-bond acceptors (Lipinski definition) is 5. The number of hydrogen-bond donors (Lipinski definition) is 0. The fraction of sp³-hybridized carbons (Fsp3) is 0.632. The van der Waals surface area contributed by atoms with E-state index < -0.39 is 0 Å². The summed E-state index contributed by atoms with van der Waals surface area (Å²) in [6, 6.07) is 1.98. The van der Waals surface area contributed by atoms with Crippen molar-refractivity contribution in [1.82, 2.24) is 24.7 Å². The third-order valence-electron chi connectivity index (χ3n) is 5.37. The second-order valence-electron chi connectivity index (χ2n) is 7.69. The van der Waals surface area contributed by atoms with E-state index in [0.29, 0.717) is 24.5 Å². The number of aryl methyl sites for hydroxylation is 1. The number of fused-ring (bicyclic) bond motifs is 1. The molecule has 4 rings (SSSR count). The van der Waals surface area contributed by atoms with Gasteiger partial charge in [0.25, 0.3) is 5.91 Å². The van der Waals surface area contributed by atoms with Gasteiger partial charge in [0.15, 0.2) is 5.69 Å². The first-order chi connectivity index (χ1) is 12.5. The van der Waals surface area contributed by atoms with Crippen molar-refractivity contribution in [2.75, 3.05) is 19.6 Å². The number of carbonyl (C=O) groups excluding carboxylic acids is 1. The highest BCUT2D eigenvalue weighted by molar-refractivity contribution is 5.92. The Morgan fingerprint density at radius 2 is 2.04 bits per heavy atom. The number of nitrogens with zero attached hydrogens (tertiary/aromatic N) is 5. The van der Waals surface area contributed by atoms with Gasteiger partial charge in [-0.05, 0) is 53.1 Å². The third-order valence-corrected chi connectivity index (χ3v) is 5.37. The van der Waals surface area contributed by atoms with Gasteiger partial charge in [0.2, 0.25) is 0 Å². The first kappa shape index (κ1) is 17.3. The zero-order valence-corrected chi connectivity index (χ0v) is 15.9. The Balaban J connectivity index is 1.59. The molecule has 1 fully saturated rings. The van der Waals surface area contributed by atoms with Gasteiger partial charge < -0.3 is 9.42 Å². The van der Waals surface area contributed by atoms with Gasteiger partial charge in [0.05, 0.1) is 17.9 Å². The fourth-order valence-electron chi connectivity index (χ4n) is 4.03. The van der Waals surface area contributed by atoms with E-state index in [2.05, 4.69) is 28.6 Å². The van der Waals surface area contributed by atoms with E-state index in [9.17, 15) is 4.79 Å². The molecule has 7 nitrogen and oxygen atoms in total. The summed E-state index contributed by atoms with van der Waals surface area (Å²) >= 11 is 0. The minimum atomic E-state index is -0.0647. The number of carbonyl (C=O) groups is 1. The molecule has 0 radical (unpaired) electrons. The largest absolute Gasteiger partial charge is 0.361 e. The molecule has 26 heavy (non-hydrogen) atoms. The van der Waals surface area contributed by atoms with Crippen molar-refractivity contribution in [3.05, 3.63) is 34.5 Å². The highest BCUT2D eigenvalue weighted by Crippen LogP contribution is 2.27. The van der Waals surface area contributed by atoms with E-state index in [0.717, 1.165) is 13.0 Å². The molecule has 0 bridgehead atoms. The zero-order valence-electron chi connectivity index (χ0n) is 15.9. The van der Waals surface area contributed by atoms with Crippen molar-refractivity contribution in [3.63, 3.8) is 0 Å². The monoisotopic (exact) mass is 357 g/mol. The Morgan fingerprint density at radius 3 is 2.69 bits per heavy atom. The van der Waals surface area contributed by atoms with Gasteiger partial charge in [-0.25, -0.2) is 0 Å². The molecule has 0 spiro atoms. The number of aromatic nitrogens is 3. The van der Waals surface area contributed by atoms with E-state index in [1.807, 2.05) is 4.90 Å². The molecule has 1 saturated heterocycles. The van der Waals surface area contributed by atoms with Crippen molar-refractivity contribution in [2.45, 2.75) is 59.2 Å². The van der Waals surface area contributed by atoms with Crippen molar-refractivity contribution < 1.29 is 9.32 Å². The summed E-state index contributed by atoms with van der Waals surface area (Å²) in [5.41, 5.74) is 4.10. The Morgan fingerprint density at radius 1 is 1.27 bits per heavy atom. The molecule has 0 saturated carbocycles. The second-order valence-corrected chi connectivity index (χ2v) is 7.69. The Hall–Kier alpha value is -2.15. The molecule has 0 N–H and O–H groups in total. The predicted molar refractivity (Wildman–Crippen MR) is 96.8 cm³/mol. The molecule has 2 aliphatic heterocycles. The Kier molecular flexibility index (Phi) is 4.56. The molecular formula is C19H27N5O2. The molecule has 4 heterocycles. The molecule has 2 aromatic heterocycles. The first-order valence-electron chi connectivity index (χ1n) is 9.57. The van der Waals surface area contributed by atoms with E-state index in [1.165, 1.54) is 42.9 Å². The van der Waals surface area contributed by atoms with E-state index in [1.54, 1.807) is 13.0 Å². The number of rotatable bonds is 4. The average molecular weight is 357 g/mol. The maximum Gasteiger partial charge on any atom is 0.276 e. The topological polar surface area (TPSA) is 67.4 Å². The molecule has 0 unspecified atom stereocenters. The molecule has 2 aromatic rings. The van der Waals surface area contributed by atoms with Crippen LogP contribution in [0.3, 0.4) is 0 Å². The van der Waals surface area contributed by atoms with Crippen LogP contribution in [0.5, 0.6) is 0 Å². The van der Waals surface area contributed by atoms with Gasteiger partial charge >= 0.3 is 0 Å². The van der Waals surface area contributed by atoms with Crippen LogP contribution in [-0.4, -0.2) is 50.3 Å². The van der Waals surface area contributed by atoms with Crippen LogP contribution < -0.4 is 0 Å². The normalized spacial score (nSPS) is 17.9.